The number of hydrogen-bond donors (Lipinski definition) is 8. The quantitative estimate of drug-likeness (QED) is 0.0473. The fourth-order valence-corrected chi connectivity index (χ4v) is 8.95. The number of hydrogen-bond acceptors (Lipinski definition) is 13. The molecule has 21 nitrogen and oxygen atoms in total. The molecule has 2 aromatic carbocycles. The first-order valence-corrected chi connectivity index (χ1v) is 24.6. The molecular weight excluding hydrogens is 967 g/mol. The van der Waals surface area contributed by atoms with Gasteiger partial charge in [-0.1, -0.05) is 51.1 Å². The number of nitrogens with zero attached hydrogens (tertiary/aromatic N) is 2. The second kappa shape index (κ2) is 25.8. The Morgan fingerprint density at radius 2 is 1.47 bits per heavy atom. The van der Waals surface area contributed by atoms with E-state index in [1.807, 2.05) is 51.1 Å². The zero-order valence-corrected chi connectivity index (χ0v) is 40.7. The Morgan fingerprint density at radius 1 is 0.847 bits per heavy atom. The van der Waals surface area contributed by atoms with Crippen LogP contribution in [-0.4, -0.2) is 137 Å². The summed E-state index contributed by atoms with van der Waals surface area (Å²) >= 11 is 0. The first-order valence-electron chi connectivity index (χ1n) is 22.8. The lowest BCUT2D eigenvalue weighted by molar-refractivity contribution is -0.140. The summed E-state index contributed by atoms with van der Waals surface area (Å²) in [5.41, 5.74) is 12.4. The van der Waals surface area contributed by atoms with E-state index < -0.39 is 167 Å². The molecule has 0 spiro atoms. The summed E-state index contributed by atoms with van der Waals surface area (Å²) in [6, 6.07) is 8.52. The summed E-state index contributed by atoms with van der Waals surface area (Å²) in [5.74, 6) is -12.3. The molecular formula is C48H60F2N8O13S. The van der Waals surface area contributed by atoms with Crippen molar-refractivity contribution in [2.24, 2.45) is 22.8 Å². The van der Waals surface area contributed by atoms with Gasteiger partial charge >= 0.3 is 5.97 Å². The smallest absolute Gasteiger partial charge is 0.303 e. The second-order valence-corrected chi connectivity index (χ2v) is 20.5. The lowest BCUT2D eigenvalue weighted by Crippen LogP contribution is -2.55. The summed E-state index contributed by atoms with van der Waals surface area (Å²) in [4.78, 5) is 114. The van der Waals surface area contributed by atoms with Crippen LogP contribution in [-0.2, 0) is 59.5 Å². The van der Waals surface area contributed by atoms with Crippen molar-refractivity contribution in [3.63, 3.8) is 0 Å². The number of amides is 6. The third-order valence-corrected chi connectivity index (χ3v) is 13.2. The number of allylic oxidation sites excluding steroid dienone is 2. The van der Waals surface area contributed by atoms with Gasteiger partial charge in [-0.05, 0) is 60.2 Å². The molecule has 0 aliphatic heterocycles. The number of nitrogens with two attached hydrogens (primary N) is 2. The number of primary amides is 1. The molecule has 1 aromatic heterocycles. The minimum atomic E-state index is -4.01. The van der Waals surface area contributed by atoms with E-state index in [0.29, 0.717) is 11.3 Å². The van der Waals surface area contributed by atoms with Crippen molar-refractivity contribution in [3.05, 3.63) is 95.8 Å². The highest BCUT2D eigenvalue weighted by molar-refractivity contribution is 7.91. The molecule has 0 saturated carbocycles. The van der Waals surface area contributed by atoms with Gasteiger partial charge in [0.15, 0.2) is 21.4 Å². The van der Waals surface area contributed by atoms with Crippen molar-refractivity contribution in [2.45, 2.75) is 83.6 Å². The molecule has 1 heterocycles. The molecule has 0 bridgehead atoms. The van der Waals surface area contributed by atoms with Gasteiger partial charge in [0.05, 0.1) is 35.9 Å². The van der Waals surface area contributed by atoms with Crippen LogP contribution < -0.4 is 32.7 Å². The zero-order valence-electron chi connectivity index (χ0n) is 39.9. The van der Waals surface area contributed by atoms with Gasteiger partial charge in [0.1, 0.15) is 30.3 Å². The van der Waals surface area contributed by atoms with E-state index in [4.69, 9.17) is 11.5 Å². The van der Waals surface area contributed by atoms with Crippen LogP contribution in [0, 0.1) is 23.0 Å². The van der Waals surface area contributed by atoms with E-state index >= 15 is 4.39 Å². The van der Waals surface area contributed by atoms with Gasteiger partial charge in [0, 0.05) is 62.0 Å². The topological polar surface area (TPSA) is 337 Å². The number of ketones is 2. The van der Waals surface area contributed by atoms with E-state index in [9.17, 15) is 66.2 Å². The molecule has 24 heteroatoms. The molecule has 0 fully saturated rings. The van der Waals surface area contributed by atoms with Crippen molar-refractivity contribution >= 4 is 62.8 Å². The summed E-state index contributed by atoms with van der Waals surface area (Å²) in [6.07, 6.45) is 0.846. The fourth-order valence-electron chi connectivity index (χ4n) is 7.92. The number of aliphatic carboxylic acids is 1. The second-order valence-electron chi connectivity index (χ2n) is 18.2. The van der Waals surface area contributed by atoms with Gasteiger partial charge in [0.2, 0.25) is 35.4 Å². The van der Waals surface area contributed by atoms with Crippen LogP contribution in [0.2, 0.25) is 0 Å². The van der Waals surface area contributed by atoms with Crippen LogP contribution in [0.3, 0.4) is 0 Å². The minimum Gasteiger partial charge on any atom is -0.481 e. The number of aliphatic hydroxyl groups excluding tert-OH is 1. The molecule has 1 aliphatic rings. The average molecular weight is 1030 g/mol. The predicted molar refractivity (Wildman–Crippen MR) is 255 cm³/mol. The van der Waals surface area contributed by atoms with Gasteiger partial charge < -0.3 is 52.4 Å². The number of nitrogens with one attached hydrogen (secondary N) is 4. The maximum Gasteiger partial charge on any atom is 0.303 e. The van der Waals surface area contributed by atoms with Crippen molar-refractivity contribution in [1.29, 1.82) is 0 Å². The average Bonchev–Trinajstić information content (AvgIpc) is 3.85. The van der Waals surface area contributed by atoms with Gasteiger partial charge in [-0.15, -0.1) is 0 Å². The lowest BCUT2D eigenvalue weighted by Gasteiger charge is -2.41. The fraction of sp³-hybridized carbons (Fsp3) is 0.438. The van der Waals surface area contributed by atoms with Crippen molar-refractivity contribution < 1.29 is 70.6 Å². The van der Waals surface area contributed by atoms with E-state index in [2.05, 4.69) is 21.3 Å². The first-order chi connectivity index (χ1) is 33.8. The number of carbonyl (C=O) groups excluding carboxylic acids is 8. The molecule has 1 aliphatic carbocycles. The SMILES string of the molecule is CC(C)(C)[C@H](c1cc(-c2cc(F)ccc2F)cn1Cc1ccccc1)N(CC[C@H](N)C(=O)NCCS(=O)(=O)CCNC(=O)[C@@H](CCC(=O)O)NC(=O)[C@H](CC(N)=O)NC(=O)CC1C(=O)C=CC1=O)C(=O)CO. The first kappa shape index (κ1) is 57.4. The van der Waals surface area contributed by atoms with E-state index in [1.54, 1.807) is 16.8 Å². The van der Waals surface area contributed by atoms with Crippen molar-refractivity contribution in [3.8, 4) is 11.1 Å². The largest absolute Gasteiger partial charge is 0.481 e. The number of rotatable bonds is 27. The molecule has 72 heavy (non-hydrogen) atoms. The molecule has 0 saturated heterocycles. The zero-order chi connectivity index (χ0) is 53.5. The van der Waals surface area contributed by atoms with Gasteiger partial charge in [-0.2, -0.15) is 0 Å². The Hall–Kier alpha value is -7.18. The minimum absolute atomic E-state index is 0.0160. The number of halogens is 2. The standard InChI is InChI=1S/C48H60F2N8O13S/c1-48(2,3)44(37-21-29(31-22-30(49)9-10-33(31)50)26-57(37)25-28-7-5-4-6-8-28)58(42(64)27-59)18-15-34(51)45(67)53-16-19-72(70,71)20-17-54-46(68)35(11-14-43(65)66)56-47(69)36(24-40(52)62)55-41(63)23-32-38(60)12-13-39(32)61/h4-10,12-13,21-22,26,32,34-36,44,59H,11,14-20,23-25,27,51H2,1-3H3,(H2,52,62)(H,53,67)(H,54,68)(H,55,63)(H,56,69)(H,65,66)/t34-,35+,36-,44-/m0/s1. The lowest BCUT2D eigenvalue weighted by atomic mass is 9.82. The number of sulfone groups is 1. The predicted octanol–water partition coefficient (Wildman–Crippen LogP) is 0.178. The summed E-state index contributed by atoms with van der Waals surface area (Å²) in [6.45, 7) is 3.73. The summed E-state index contributed by atoms with van der Waals surface area (Å²) < 4.78 is 57.2. The van der Waals surface area contributed by atoms with Crippen LogP contribution in [0.1, 0.15) is 70.2 Å². The molecule has 0 unspecified atom stereocenters. The summed E-state index contributed by atoms with van der Waals surface area (Å²) in [7, 11) is -4.01. The third-order valence-electron chi connectivity index (χ3n) is 11.5. The van der Waals surface area contributed by atoms with Crippen LogP contribution in [0.4, 0.5) is 8.78 Å². The van der Waals surface area contributed by atoms with Gasteiger partial charge in [0.25, 0.3) is 0 Å². The number of carboxylic acid groups (broad SMARTS) is 1. The van der Waals surface area contributed by atoms with E-state index in [-0.39, 0.29) is 25.1 Å². The highest BCUT2D eigenvalue weighted by Gasteiger charge is 2.38. The molecule has 3 aromatic rings. The number of carbonyl (C=O) groups is 9. The van der Waals surface area contributed by atoms with Crippen LogP contribution in [0.25, 0.3) is 11.1 Å². The highest BCUT2D eigenvalue weighted by atomic mass is 32.2. The molecule has 0 radical (unpaired) electrons. The molecule has 390 valence electrons. The molecule has 10 N–H and O–H groups in total. The Bertz CT molecular complexity index is 2640. The maximum absolute atomic E-state index is 15.1. The van der Waals surface area contributed by atoms with Crippen LogP contribution >= 0.6 is 0 Å². The van der Waals surface area contributed by atoms with E-state index in [0.717, 1.165) is 35.9 Å². The number of aromatic nitrogens is 1. The highest BCUT2D eigenvalue weighted by Crippen LogP contribution is 2.41. The Morgan fingerprint density at radius 3 is 2.06 bits per heavy atom. The number of aliphatic hydroxyl groups is 1. The van der Waals surface area contributed by atoms with Gasteiger partial charge in [-0.25, -0.2) is 17.2 Å². The normalized spacial score (nSPS) is 14.5. The molecule has 4 rings (SSSR count). The molecule has 4 atom stereocenters. The Labute approximate surface area is 414 Å². The monoisotopic (exact) mass is 1030 g/mol. The Balaban J connectivity index is 1.37. The third kappa shape index (κ3) is 17.0. The van der Waals surface area contributed by atoms with Crippen molar-refractivity contribution in [2.75, 3.05) is 37.7 Å². The number of benzene rings is 2. The van der Waals surface area contributed by atoms with E-state index in [1.165, 1.54) is 4.90 Å². The Kier molecular flexibility index (Phi) is 20.6. The van der Waals surface area contributed by atoms with Gasteiger partial charge in [-0.3, -0.25) is 43.2 Å². The van der Waals surface area contributed by atoms with Crippen LogP contribution in [0.5, 0.6) is 0 Å². The van der Waals surface area contributed by atoms with Crippen LogP contribution in [0.15, 0.2) is 72.9 Å². The van der Waals surface area contributed by atoms with Crippen molar-refractivity contribution in [1.82, 2.24) is 30.7 Å². The maximum atomic E-state index is 15.1. The number of carboxylic acids is 1. The molecule has 6 amide bonds. The summed E-state index contributed by atoms with van der Waals surface area (Å²) in [5, 5.41) is 28.5.